The van der Waals surface area contributed by atoms with Crippen LogP contribution < -0.4 is 5.30 Å². The molecule has 47 heavy (non-hydrogen) atoms. The van der Waals surface area contributed by atoms with Crippen LogP contribution in [0.3, 0.4) is 0 Å². The van der Waals surface area contributed by atoms with E-state index in [1.165, 1.54) is 12.1 Å². The second-order valence-corrected chi connectivity index (χ2v) is 13.8. The quantitative estimate of drug-likeness (QED) is 0.0583. The fraction of sp³-hybridized carbons (Fsp3) is 0.500. The van der Waals surface area contributed by atoms with Crippen LogP contribution in [0.1, 0.15) is 93.5 Å². The summed E-state index contributed by atoms with van der Waals surface area (Å²) in [6.07, 6.45) is 3.72. The molecule has 0 aliphatic heterocycles. The van der Waals surface area contributed by atoms with Crippen molar-refractivity contribution < 1.29 is 28.4 Å². The van der Waals surface area contributed by atoms with E-state index in [2.05, 4.69) is 18.7 Å². The van der Waals surface area contributed by atoms with Crippen LogP contribution in [0.25, 0.3) is 11.1 Å². The van der Waals surface area contributed by atoms with Gasteiger partial charge in [0.15, 0.2) is 0 Å². The molecule has 0 spiro atoms. The van der Waals surface area contributed by atoms with Gasteiger partial charge in [0.1, 0.15) is 18.8 Å². The number of aromatic nitrogens is 1. The lowest BCUT2D eigenvalue weighted by Crippen LogP contribution is -2.31. The summed E-state index contributed by atoms with van der Waals surface area (Å²) in [5.74, 6) is -0.640. The molecule has 256 valence electrons. The SMILES string of the molecule is CCCC(CC)O[P+](O)(OC(CC)CCC)c1c(C)nc(C)c(C(=O)OCCN(C)Cc2ccccc2)c1-c1cccc([N+](=O)[O-])c1. The van der Waals surface area contributed by atoms with Crippen molar-refractivity contribution >= 4 is 24.9 Å². The normalized spacial score (nSPS) is 14.1. The number of aryl methyl sites for hydroxylation is 2. The molecule has 3 aromatic rings. The first kappa shape index (κ1) is 38.2. The third-order valence-corrected chi connectivity index (χ3v) is 10.4. The highest BCUT2D eigenvalue weighted by atomic mass is 31.2. The number of carbonyl (C=O) groups excluding carboxylic acids is 1. The fourth-order valence-electron chi connectivity index (χ4n) is 5.67. The highest BCUT2D eigenvalue weighted by Gasteiger charge is 2.53. The van der Waals surface area contributed by atoms with Gasteiger partial charge in [0.05, 0.1) is 27.4 Å². The first-order chi connectivity index (χ1) is 22.5. The number of nitro benzene ring substituents is 1. The van der Waals surface area contributed by atoms with Crippen LogP contribution in [0.4, 0.5) is 5.69 Å². The Morgan fingerprint density at radius 3 is 2.13 bits per heavy atom. The molecule has 2 aromatic carbocycles. The summed E-state index contributed by atoms with van der Waals surface area (Å²) in [6, 6.07) is 16.1. The highest BCUT2D eigenvalue weighted by Crippen LogP contribution is 2.61. The van der Waals surface area contributed by atoms with Gasteiger partial charge in [-0.1, -0.05) is 83.0 Å². The van der Waals surface area contributed by atoms with Gasteiger partial charge >= 0.3 is 13.9 Å². The minimum Gasteiger partial charge on any atom is -0.461 e. The number of esters is 1. The monoisotopic (exact) mass is 668 g/mol. The van der Waals surface area contributed by atoms with Crippen LogP contribution in [0, 0.1) is 24.0 Å². The molecule has 1 N–H and O–H groups in total. The predicted molar refractivity (Wildman–Crippen MR) is 188 cm³/mol. The van der Waals surface area contributed by atoms with Gasteiger partial charge < -0.3 is 4.74 Å². The number of hydrogen-bond donors (Lipinski definition) is 1. The molecule has 0 saturated carbocycles. The van der Waals surface area contributed by atoms with E-state index in [-0.39, 0.29) is 40.9 Å². The Labute approximate surface area is 280 Å². The Bertz CT molecular complexity index is 1450. The van der Waals surface area contributed by atoms with Gasteiger partial charge in [-0.25, -0.2) is 4.79 Å². The number of benzene rings is 2. The van der Waals surface area contributed by atoms with Crippen molar-refractivity contribution in [3.05, 3.63) is 87.2 Å². The number of pyridine rings is 1. The van der Waals surface area contributed by atoms with Gasteiger partial charge in [0.25, 0.3) is 5.69 Å². The van der Waals surface area contributed by atoms with Crippen LogP contribution in [0.15, 0.2) is 54.6 Å². The molecular formula is C36H51N3O7P+. The Kier molecular flexibility index (Phi) is 14.9. The summed E-state index contributed by atoms with van der Waals surface area (Å²) in [5.41, 5.74) is 2.57. The van der Waals surface area contributed by atoms with Gasteiger partial charge in [0, 0.05) is 25.2 Å². The Balaban J connectivity index is 2.18. The number of likely N-dealkylation sites (N-methyl/N-ethyl adjacent to an activating group) is 1. The van der Waals surface area contributed by atoms with Crippen molar-refractivity contribution in [1.29, 1.82) is 0 Å². The third kappa shape index (κ3) is 10.4. The molecule has 2 unspecified atom stereocenters. The number of rotatable bonds is 19. The van der Waals surface area contributed by atoms with E-state index in [1.54, 1.807) is 26.0 Å². The largest absolute Gasteiger partial charge is 0.461 e. The smallest absolute Gasteiger partial charge is 0.449 e. The summed E-state index contributed by atoms with van der Waals surface area (Å²) in [4.78, 5) is 44.8. The summed E-state index contributed by atoms with van der Waals surface area (Å²) >= 11 is 0. The molecule has 1 heterocycles. The Morgan fingerprint density at radius 2 is 1.57 bits per heavy atom. The number of nitrogens with zero attached hydrogens (tertiary/aromatic N) is 3. The Hall–Kier alpha value is -3.27. The lowest BCUT2D eigenvalue weighted by Gasteiger charge is -2.28. The molecule has 11 heteroatoms. The van der Waals surface area contributed by atoms with Crippen LogP contribution in [-0.2, 0) is 20.3 Å². The molecule has 3 rings (SSSR count). The number of nitro groups is 1. The zero-order chi connectivity index (χ0) is 34.6. The molecule has 0 aliphatic rings. The minimum absolute atomic E-state index is 0.106. The second-order valence-electron chi connectivity index (χ2n) is 11.9. The maximum absolute atomic E-state index is 14.0. The number of hydrogen-bond acceptors (Lipinski definition) is 9. The van der Waals surface area contributed by atoms with Gasteiger partial charge in [-0.3, -0.25) is 20.0 Å². The van der Waals surface area contributed by atoms with Crippen LogP contribution in [0.2, 0.25) is 0 Å². The number of non-ortho nitro benzene ring substituents is 1. The van der Waals surface area contributed by atoms with Crippen molar-refractivity contribution in [3.8, 4) is 11.1 Å². The van der Waals surface area contributed by atoms with Crippen LogP contribution >= 0.6 is 7.94 Å². The molecule has 0 saturated heterocycles. The lowest BCUT2D eigenvalue weighted by atomic mass is 9.97. The molecular weight excluding hydrogens is 617 g/mol. The van der Waals surface area contributed by atoms with E-state index in [9.17, 15) is 19.8 Å². The standard InChI is InChI=1S/C36H51N3O7P/c1-8-16-31(10-3)45-47(43,46-32(11-4)17-9-2)35-27(6)37-26(5)33(34(35)29-20-15-21-30(24-29)39(41)42)36(40)44-23-22-38(7)25-28-18-13-12-14-19-28/h12-15,18-21,24,31-32,43H,8-11,16-17,22-23,25H2,1-7H3/q+1. The van der Waals surface area contributed by atoms with E-state index in [0.29, 0.717) is 55.7 Å². The van der Waals surface area contributed by atoms with Gasteiger partial charge in [-0.2, -0.15) is 13.9 Å². The first-order valence-corrected chi connectivity index (χ1v) is 18.2. The summed E-state index contributed by atoms with van der Waals surface area (Å²) in [6.45, 7) is 12.8. The topological polar surface area (TPSA) is 124 Å². The maximum atomic E-state index is 14.0. The van der Waals surface area contributed by atoms with Crippen molar-refractivity contribution in [3.63, 3.8) is 0 Å². The molecule has 0 aliphatic carbocycles. The fourth-order valence-corrected chi connectivity index (χ4v) is 8.23. The zero-order valence-corrected chi connectivity index (χ0v) is 29.8. The number of ether oxygens (including phenoxy) is 1. The number of carbonyl (C=O) groups is 1. The third-order valence-electron chi connectivity index (χ3n) is 8.08. The molecule has 10 nitrogen and oxygen atoms in total. The second kappa shape index (κ2) is 18.3. The molecule has 1 aromatic heterocycles. The summed E-state index contributed by atoms with van der Waals surface area (Å²) in [5, 5.41) is 12.1. The molecule has 0 radical (unpaired) electrons. The first-order valence-electron chi connectivity index (χ1n) is 16.6. The summed E-state index contributed by atoms with van der Waals surface area (Å²) in [7, 11) is -1.97. The van der Waals surface area contributed by atoms with Gasteiger partial charge in [-0.05, 0) is 57.7 Å². The van der Waals surface area contributed by atoms with E-state index in [0.717, 1.165) is 18.4 Å². The van der Waals surface area contributed by atoms with Crippen LogP contribution in [0.5, 0.6) is 0 Å². The average molecular weight is 669 g/mol. The maximum Gasteiger partial charge on any atom is 0.449 e. The van der Waals surface area contributed by atoms with Crippen molar-refractivity contribution in [2.24, 2.45) is 0 Å². The Morgan fingerprint density at radius 1 is 0.957 bits per heavy atom. The van der Waals surface area contributed by atoms with Crippen molar-refractivity contribution in [2.75, 3.05) is 20.2 Å². The highest BCUT2D eigenvalue weighted by molar-refractivity contribution is 7.69. The lowest BCUT2D eigenvalue weighted by molar-refractivity contribution is -0.384. The van der Waals surface area contributed by atoms with Crippen molar-refractivity contribution in [2.45, 2.75) is 98.8 Å². The van der Waals surface area contributed by atoms with E-state index >= 15 is 0 Å². The van der Waals surface area contributed by atoms with Gasteiger partial charge in [0.2, 0.25) is 5.30 Å². The van der Waals surface area contributed by atoms with Crippen molar-refractivity contribution in [1.82, 2.24) is 9.88 Å². The minimum atomic E-state index is -3.92. The average Bonchev–Trinajstić information content (AvgIpc) is 3.04. The van der Waals surface area contributed by atoms with Crippen LogP contribution in [-0.4, -0.2) is 58.1 Å². The predicted octanol–water partition coefficient (Wildman–Crippen LogP) is 8.13. The molecule has 0 bridgehead atoms. The zero-order valence-electron chi connectivity index (χ0n) is 28.9. The molecule has 0 amide bonds. The van der Waals surface area contributed by atoms with E-state index in [4.69, 9.17) is 18.8 Å². The molecule has 2 atom stereocenters. The summed E-state index contributed by atoms with van der Waals surface area (Å²) < 4.78 is 19.0. The van der Waals surface area contributed by atoms with E-state index < -0.39 is 18.8 Å². The van der Waals surface area contributed by atoms with Gasteiger partial charge in [-0.15, -0.1) is 0 Å². The molecule has 0 fully saturated rings. The van der Waals surface area contributed by atoms with E-state index in [1.807, 2.05) is 51.2 Å².